The molecule has 3 nitrogen and oxygen atoms in total. The Balaban J connectivity index is 1.30. The molecule has 0 spiro atoms. The van der Waals surface area contributed by atoms with Crippen LogP contribution in [-0.2, 0) is 10.8 Å². The van der Waals surface area contributed by atoms with Crippen molar-refractivity contribution in [1.82, 2.24) is 0 Å². The topological polar surface area (TPSA) is 0 Å². The molecule has 2 atom stereocenters. The van der Waals surface area contributed by atoms with Gasteiger partial charge in [-0.1, -0.05) is 134 Å². The van der Waals surface area contributed by atoms with E-state index < -0.39 is 23.2 Å². The molecule has 69 heavy (non-hydrogen) atoms. The molecule has 2 unspecified atom stereocenters. The van der Waals surface area contributed by atoms with Crippen molar-refractivity contribution in [2.24, 2.45) is 0 Å². The molecule has 0 radical (unpaired) electrons. The highest BCUT2D eigenvalue weighted by atomic mass is 19.4. The van der Waals surface area contributed by atoms with Gasteiger partial charge in [-0.25, -0.2) is 0 Å². The lowest BCUT2D eigenvalue weighted by Gasteiger charge is -2.37. The first-order valence-electron chi connectivity index (χ1n) is 25.3. The van der Waals surface area contributed by atoms with Crippen molar-refractivity contribution in [3.05, 3.63) is 144 Å². The summed E-state index contributed by atoms with van der Waals surface area (Å²) in [7, 11) is 17.4. The number of hydrogen-bond acceptors (Lipinski definition) is 0. The Kier molecular flexibility index (Phi) is 18.7. The number of halogens is 6. The van der Waals surface area contributed by atoms with Crippen LogP contribution in [0.4, 0.5) is 26.3 Å². The summed E-state index contributed by atoms with van der Waals surface area (Å²) in [6, 6.07) is 36.0. The van der Waals surface area contributed by atoms with Crippen LogP contribution in [0.25, 0.3) is 33.4 Å². The van der Waals surface area contributed by atoms with E-state index in [0.29, 0.717) is 19.3 Å². The van der Waals surface area contributed by atoms with Crippen molar-refractivity contribution in [3.8, 4) is 33.4 Å². The highest BCUT2D eigenvalue weighted by Crippen LogP contribution is 2.51. The number of aryl methyl sites for hydroxylation is 1. The summed E-state index contributed by atoms with van der Waals surface area (Å²) in [4.78, 5) is 0. The average Bonchev–Trinajstić information content (AvgIpc) is 3.27. The second-order valence-electron chi connectivity index (χ2n) is 22.9. The number of hydrogen-bond donors (Lipinski definition) is 0. The molecule has 0 heterocycles. The fraction of sp³-hybridized carbons (Fsp3) is 0.500. The van der Waals surface area contributed by atoms with Crippen LogP contribution in [0, 0.1) is 6.92 Å². The molecule has 9 heteroatoms. The van der Waals surface area contributed by atoms with Gasteiger partial charge >= 0.3 is 12.4 Å². The van der Waals surface area contributed by atoms with E-state index in [1.807, 2.05) is 55.5 Å². The molecular formula is C60H82F6N3+3. The number of benzene rings is 5. The van der Waals surface area contributed by atoms with Crippen molar-refractivity contribution in [3.63, 3.8) is 0 Å². The Morgan fingerprint density at radius 2 is 0.710 bits per heavy atom. The molecule has 0 saturated carbocycles. The smallest absolute Gasteiger partial charge is 0.331 e. The Morgan fingerprint density at radius 3 is 1.10 bits per heavy atom. The van der Waals surface area contributed by atoms with Crippen LogP contribution in [0.5, 0.6) is 0 Å². The summed E-state index contributed by atoms with van der Waals surface area (Å²) >= 11 is 0. The van der Waals surface area contributed by atoms with Crippen LogP contribution >= 0.6 is 0 Å². The molecule has 5 aromatic carbocycles. The molecule has 0 bridgehead atoms. The van der Waals surface area contributed by atoms with Crippen molar-refractivity contribution in [2.45, 2.75) is 114 Å². The van der Waals surface area contributed by atoms with Gasteiger partial charge in [0, 0.05) is 0 Å². The first-order valence-corrected chi connectivity index (χ1v) is 25.3. The number of nitrogens with zero attached hydrogens (tertiary/aromatic N) is 3. The minimum absolute atomic E-state index is 0.0198. The van der Waals surface area contributed by atoms with E-state index in [4.69, 9.17) is 0 Å². The number of alkyl halides is 6. The van der Waals surface area contributed by atoms with Gasteiger partial charge in [-0.05, 0) is 134 Å². The van der Waals surface area contributed by atoms with Gasteiger partial charge in [-0.2, -0.15) is 26.3 Å². The lowest BCUT2D eigenvalue weighted by molar-refractivity contribution is -0.890. The highest BCUT2D eigenvalue weighted by Gasteiger charge is 2.56. The highest BCUT2D eigenvalue weighted by molar-refractivity contribution is 5.74. The van der Waals surface area contributed by atoms with Crippen molar-refractivity contribution >= 4 is 0 Å². The standard InChI is InChI=1S/C60H82F6N3/c1-47-24-26-48(27-25-47)49-30-36-55(37-31-49)58(60(64,65)66,41-16-14-18-43-68(6,7)8)56-38-32-51(33-39-56)53-23-21-22-52(46-53)50-28-34-54(35-29-50)57(2,59(61,62)63)40-15-13-20-45-69(9,10)44-19-12-11-17-42-67(3,4)5/h21-39,46H,11-20,40-45H2,1-10H3/q+3. The van der Waals surface area contributed by atoms with Crippen molar-refractivity contribution < 1.29 is 39.8 Å². The van der Waals surface area contributed by atoms with Crippen LogP contribution in [0.3, 0.4) is 0 Å². The predicted octanol–water partition coefficient (Wildman–Crippen LogP) is 15.8. The van der Waals surface area contributed by atoms with Crippen molar-refractivity contribution in [1.29, 1.82) is 0 Å². The normalized spacial score (nSPS) is 14.7. The van der Waals surface area contributed by atoms with Crippen LogP contribution < -0.4 is 0 Å². The maximum Gasteiger partial charge on any atom is 0.402 e. The van der Waals surface area contributed by atoms with E-state index in [1.54, 1.807) is 72.8 Å². The zero-order valence-corrected chi connectivity index (χ0v) is 43.5. The Labute approximate surface area is 412 Å². The molecule has 0 amide bonds. The number of unbranched alkanes of at least 4 members (excludes halogenated alkanes) is 7. The molecule has 5 aromatic rings. The third-order valence-corrected chi connectivity index (χ3v) is 14.5. The van der Waals surface area contributed by atoms with E-state index in [2.05, 4.69) is 56.4 Å². The van der Waals surface area contributed by atoms with Crippen LogP contribution in [-0.4, -0.2) is 108 Å². The molecule has 0 fully saturated rings. The van der Waals surface area contributed by atoms with Gasteiger partial charge in [0.1, 0.15) is 5.41 Å². The van der Waals surface area contributed by atoms with E-state index in [0.717, 1.165) is 91.3 Å². The van der Waals surface area contributed by atoms with E-state index in [-0.39, 0.29) is 29.5 Å². The van der Waals surface area contributed by atoms with Gasteiger partial charge in [0.05, 0.1) is 88.0 Å². The molecule has 0 aliphatic heterocycles. The SMILES string of the molecule is Cc1ccc(-c2ccc(C(CCCCC[N+](C)(C)C)(c3ccc(-c4cccc(-c5ccc(C(C)(CCCCC[N+](C)(C)CCCCCC[N+](C)(C)C)C(F)(F)F)cc5)c4)cc3)C(F)(F)F)cc2)cc1. The van der Waals surface area contributed by atoms with Crippen molar-refractivity contribution in [2.75, 3.05) is 82.6 Å². The number of rotatable bonds is 25. The Morgan fingerprint density at radius 1 is 0.362 bits per heavy atom. The van der Waals surface area contributed by atoms with Crippen LogP contribution in [0.1, 0.15) is 106 Å². The molecule has 0 aliphatic carbocycles. The van der Waals surface area contributed by atoms with Gasteiger partial charge < -0.3 is 13.4 Å². The molecule has 0 saturated heterocycles. The Hall–Kier alpha value is -4.44. The molecular weight excluding hydrogens is 877 g/mol. The summed E-state index contributed by atoms with van der Waals surface area (Å²) in [5.74, 6) is 0. The quantitative estimate of drug-likeness (QED) is 0.0311. The lowest BCUT2D eigenvalue weighted by Crippen LogP contribution is -2.43. The first-order chi connectivity index (χ1) is 32.2. The van der Waals surface area contributed by atoms with E-state index >= 15 is 13.2 Å². The maximum absolute atomic E-state index is 15.9. The summed E-state index contributed by atoms with van der Waals surface area (Å²) < 4.78 is 94.9. The summed E-state index contributed by atoms with van der Waals surface area (Å²) in [5, 5.41) is 0. The maximum atomic E-state index is 15.9. The first kappa shape index (κ1) is 55.5. The number of quaternary nitrogens is 3. The molecule has 0 aromatic heterocycles. The lowest BCUT2D eigenvalue weighted by atomic mass is 9.70. The zero-order chi connectivity index (χ0) is 50.7. The summed E-state index contributed by atoms with van der Waals surface area (Å²) in [5.41, 5.74) is 2.53. The molecule has 5 rings (SSSR count). The molecule has 376 valence electrons. The molecule has 0 N–H and O–H groups in total. The third kappa shape index (κ3) is 15.5. The fourth-order valence-electron chi connectivity index (χ4n) is 9.86. The molecule has 0 aliphatic rings. The van der Waals surface area contributed by atoms with Crippen LogP contribution in [0.15, 0.2) is 121 Å². The van der Waals surface area contributed by atoms with Gasteiger partial charge in [0.25, 0.3) is 0 Å². The second kappa shape index (κ2) is 23.2. The largest absolute Gasteiger partial charge is 0.402 e. The third-order valence-electron chi connectivity index (χ3n) is 14.5. The van der Waals surface area contributed by atoms with Gasteiger partial charge in [0.2, 0.25) is 0 Å². The van der Waals surface area contributed by atoms with Gasteiger partial charge in [-0.15, -0.1) is 0 Å². The summed E-state index contributed by atoms with van der Waals surface area (Å²) in [6.45, 7) is 7.42. The second-order valence-corrected chi connectivity index (χ2v) is 22.9. The van der Waals surface area contributed by atoms with Gasteiger partial charge in [0.15, 0.2) is 0 Å². The van der Waals surface area contributed by atoms with Crippen LogP contribution in [0.2, 0.25) is 0 Å². The van der Waals surface area contributed by atoms with E-state index in [9.17, 15) is 13.2 Å². The summed E-state index contributed by atoms with van der Waals surface area (Å²) in [6.07, 6.45) is -0.139. The van der Waals surface area contributed by atoms with E-state index in [1.165, 1.54) is 39.2 Å². The monoisotopic (exact) mass is 959 g/mol. The minimum Gasteiger partial charge on any atom is -0.331 e. The minimum atomic E-state index is -4.57. The fourth-order valence-corrected chi connectivity index (χ4v) is 9.86. The van der Waals surface area contributed by atoms with Gasteiger partial charge in [-0.3, -0.25) is 0 Å². The average molecular weight is 959 g/mol. The predicted molar refractivity (Wildman–Crippen MR) is 277 cm³/mol. The Bertz CT molecular complexity index is 2320. The zero-order valence-electron chi connectivity index (χ0n) is 43.5.